The molecule has 1 aliphatic rings. The molecule has 2 N–H and O–H groups in total. The number of nitrogens with one attached hydrogen (secondary N) is 1. The summed E-state index contributed by atoms with van der Waals surface area (Å²) in [4.78, 5) is 24.4. The van der Waals surface area contributed by atoms with Crippen LogP contribution in [0.25, 0.3) is 0 Å². The van der Waals surface area contributed by atoms with Gasteiger partial charge in [0.05, 0.1) is 6.61 Å². The third-order valence-electron chi connectivity index (χ3n) is 3.14. The second-order valence-corrected chi connectivity index (χ2v) is 5.25. The molecule has 1 fully saturated rings. The predicted molar refractivity (Wildman–Crippen MR) is 71.5 cm³/mol. The average Bonchev–Trinajstić information content (AvgIpc) is 2.88. The number of hydrogen-bond acceptors (Lipinski definition) is 4. The van der Waals surface area contributed by atoms with E-state index in [1.807, 2.05) is 18.4 Å². The van der Waals surface area contributed by atoms with Gasteiger partial charge in [-0.15, -0.1) is 11.8 Å². The number of carboxylic acids is 1. The first-order valence-electron chi connectivity index (χ1n) is 5.85. The first-order chi connectivity index (χ1) is 9.07. The molecule has 1 saturated heterocycles. The van der Waals surface area contributed by atoms with E-state index in [4.69, 9.17) is 4.74 Å². The standard InChI is InChI=1S/C13H15NO4S/c1-19-10-4-2-9(3-5-10)11(15)14-13(12(16)17)6-7-18-8-13/h2-5H,6-8H2,1H3,(H,14,15)(H,16,17). The Hall–Kier alpha value is -1.53. The van der Waals surface area contributed by atoms with Crippen LogP contribution in [0.5, 0.6) is 0 Å². The van der Waals surface area contributed by atoms with Crippen LogP contribution in [0.1, 0.15) is 16.8 Å². The number of amides is 1. The van der Waals surface area contributed by atoms with E-state index in [9.17, 15) is 14.7 Å². The van der Waals surface area contributed by atoms with Gasteiger partial charge in [0, 0.05) is 23.5 Å². The van der Waals surface area contributed by atoms with Crippen molar-refractivity contribution in [2.75, 3.05) is 19.5 Å². The van der Waals surface area contributed by atoms with Gasteiger partial charge in [-0.25, -0.2) is 4.79 Å². The Morgan fingerprint density at radius 1 is 1.37 bits per heavy atom. The molecule has 2 rings (SSSR count). The second-order valence-electron chi connectivity index (χ2n) is 4.37. The van der Waals surface area contributed by atoms with Gasteiger partial charge < -0.3 is 15.2 Å². The van der Waals surface area contributed by atoms with Crippen molar-refractivity contribution in [2.45, 2.75) is 16.9 Å². The molecule has 5 nitrogen and oxygen atoms in total. The lowest BCUT2D eigenvalue weighted by molar-refractivity contribution is -0.144. The Morgan fingerprint density at radius 2 is 2.05 bits per heavy atom. The molecule has 6 heteroatoms. The highest BCUT2D eigenvalue weighted by atomic mass is 32.2. The van der Waals surface area contributed by atoms with Crippen LogP contribution in [0, 0.1) is 0 Å². The minimum Gasteiger partial charge on any atom is -0.479 e. The van der Waals surface area contributed by atoms with Crippen LogP contribution in [0.2, 0.25) is 0 Å². The van der Waals surface area contributed by atoms with Crippen molar-refractivity contribution in [1.29, 1.82) is 0 Å². The Labute approximate surface area is 115 Å². The Kier molecular flexibility index (Phi) is 4.11. The van der Waals surface area contributed by atoms with Crippen molar-refractivity contribution >= 4 is 23.6 Å². The zero-order chi connectivity index (χ0) is 13.9. The SMILES string of the molecule is CSc1ccc(C(=O)NC2(C(=O)O)CCOC2)cc1. The highest BCUT2D eigenvalue weighted by molar-refractivity contribution is 7.98. The first-order valence-corrected chi connectivity index (χ1v) is 7.07. The molecule has 1 aromatic carbocycles. The monoisotopic (exact) mass is 281 g/mol. The second kappa shape index (κ2) is 5.63. The third kappa shape index (κ3) is 2.90. The zero-order valence-corrected chi connectivity index (χ0v) is 11.3. The molecule has 19 heavy (non-hydrogen) atoms. The summed E-state index contributed by atoms with van der Waals surface area (Å²) in [5, 5.41) is 11.8. The number of rotatable bonds is 4. The molecule has 1 aromatic rings. The van der Waals surface area contributed by atoms with Crippen LogP contribution >= 0.6 is 11.8 Å². The van der Waals surface area contributed by atoms with E-state index in [1.54, 1.807) is 23.9 Å². The molecule has 1 unspecified atom stereocenters. The lowest BCUT2D eigenvalue weighted by Crippen LogP contribution is -2.55. The van der Waals surface area contributed by atoms with E-state index >= 15 is 0 Å². The third-order valence-corrected chi connectivity index (χ3v) is 3.88. The van der Waals surface area contributed by atoms with Crippen LogP contribution in [-0.4, -0.2) is 42.0 Å². The van der Waals surface area contributed by atoms with Crippen molar-refractivity contribution in [3.63, 3.8) is 0 Å². The number of aliphatic carboxylic acids is 1. The molecule has 0 radical (unpaired) electrons. The van der Waals surface area contributed by atoms with Crippen LogP contribution in [0.4, 0.5) is 0 Å². The van der Waals surface area contributed by atoms with Crippen molar-refractivity contribution in [2.24, 2.45) is 0 Å². The topological polar surface area (TPSA) is 75.6 Å². The summed E-state index contributed by atoms with van der Waals surface area (Å²) < 4.78 is 5.10. The lowest BCUT2D eigenvalue weighted by atomic mass is 9.98. The molecule has 102 valence electrons. The van der Waals surface area contributed by atoms with Crippen LogP contribution in [0.15, 0.2) is 29.2 Å². The largest absolute Gasteiger partial charge is 0.479 e. The number of carboxylic acid groups (broad SMARTS) is 1. The Morgan fingerprint density at radius 3 is 2.53 bits per heavy atom. The molecular formula is C13H15NO4S. The van der Waals surface area contributed by atoms with E-state index in [0.29, 0.717) is 12.2 Å². The van der Waals surface area contributed by atoms with Gasteiger partial charge in [0.15, 0.2) is 5.54 Å². The van der Waals surface area contributed by atoms with Crippen molar-refractivity contribution in [3.05, 3.63) is 29.8 Å². The zero-order valence-electron chi connectivity index (χ0n) is 10.5. The number of ether oxygens (including phenoxy) is 1. The smallest absolute Gasteiger partial charge is 0.331 e. The van der Waals surface area contributed by atoms with Gasteiger partial charge in [0.2, 0.25) is 0 Å². The van der Waals surface area contributed by atoms with Crippen molar-refractivity contribution < 1.29 is 19.4 Å². The summed E-state index contributed by atoms with van der Waals surface area (Å²) in [6, 6.07) is 7.04. The summed E-state index contributed by atoms with van der Waals surface area (Å²) in [5.41, 5.74) is -0.847. The number of carbonyl (C=O) groups is 2. The van der Waals surface area contributed by atoms with E-state index in [-0.39, 0.29) is 18.9 Å². The van der Waals surface area contributed by atoms with Crippen LogP contribution < -0.4 is 5.32 Å². The Bertz CT molecular complexity index is 480. The normalized spacial score (nSPS) is 22.2. The van der Waals surface area contributed by atoms with Gasteiger partial charge in [-0.1, -0.05) is 0 Å². The molecule has 0 aliphatic carbocycles. The molecule has 1 heterocycles. The van der Waals surface area contributed by atoms with E-state index in [1.165, 1.54) is 0 Å². The average molecular weight is 281 g/mol. The van der Waals surface area contributed by atoms with Gasteiger partial charge in [-0.05, 0) is 30.5 Å². The molecule has 1 aliphatic heterocycles. The first kappa shape index (κ1) is 13.9. The predicted octanol–water partition coefficient (Wildman–Crippen LogP) is 1.38. The minimum atomic E-state index is -1.30. The summed E-state index contributed by atoms with van der Waals surface area (Å²) >= 11 is 1.58. The fourth-order valence-electron chi connectivity index (χ4n) is 1.92. The number of carbonyl (C=O) groups excluding carboxylic acids is 1. The van der Waals surface area contributed by atoms with Gasteiger partial charge in [0.25, 0.3) is 5.91 Å². The quantitative estimate of drug-likeness (QED) is 0.816. The summed E-state index contributed by atoms with van der Waals surface area (Å²) in [7, 11) is 0. The van der Waals surface area contributed by atoms with Gasteiger partial charge >= 0.3 is 5.97 Å². The fraction of sp³-hybridized carbons (Fsp3) is 0.385. The van der Waals surface area contributed by atoms with E-state index in [0.717, 1.165) is 4.90 Å². The van der Waals surface area contributed by atoms with Crippen molar-refractivity contribution in [1.82, 2.24) is 5.32 Å². The van der Waals surface area contributed by atoms with Crippen molar-refractivity contribution in [3.8, 4) is 0 Å². The van der Waals surface area contributed by atoms with Gasteiger partial charge in [-0.3, -0.25) is 4.79 Å². The summed E-state index contributed by atoms with van der Waals surface area (Å²) in [6.45, 7) is 0.356. The number of hydrogen-bond donors (Lipinski definition) is 2. The molecule has 1 atom stereocenters. The maximum atomic E-state index is 12.1. The van der Waals surface area contributed by atoms with Crippen LogP contribution in [-0.2, 0) is 9.53 Å². The summed E-state index contributed by atoms with van der Waals surface area (Å²) in [5.74, 6) is -1.44. The molecule has 0 aromatic heterocycles. The maximum absolute atomic E-state index is 12.1. The molecule has 0 saturated carbocycles. The number of benzene rings is 1. The van der Waals surface area contributed by atoms with E-state index in [2.05, 4.69) is 5.32 Å². The van der Waals surface area contributed by atoms with Gasteiger partial charge in [-0.2, -0.15) is 0 Å². The summed E-state index contributed by atoms with van der Waals surface area (Å²) in [6.07, 6.45) is 2.24. The lowest BCUT2D eigenvalue weighted by Gasteiger charge is -2.23. The number of thioether (sulfide) groups is 1. The molecule has 1 amide bonds. The Balaban J connectivity index is 2.13. The molecule has 0 bridgehead atoms. The highest BCUT2D eigenvalue weighted by Gasteiger charge is 2.44. The van der Waals surface area contributed by atoms with E-state index < -0.39 is 11.5 Å². The maximum Gasteiger partial charge on any atom is 0.331 e. The molecule has 0 spiro atoms. The molecular weight excluding hydrogens is 266 g/mol. The minimum absolute atomic E-state index is 0.0109. The fourth-order valence-corrected chi connectivity index (χ4v) is 2.33. The van der Waals surface area contributed by atoms with Gasteiger partial charge in [0.1, 0.15) is 0 Å². The van der Waals surface area contributed by atoms with Crippen LogP contribution in [0.3, 0.4) is 0 Å². The highest BCUT2D eigenvalue weighted by Crippen LogP contribution is 2.20.